The van der Waals surface area contributed by atoms with E-state index in [9.17, 15) is 14.7 Å². The number of carbonyl (C=O) groups is 2. The van der Waals surface area contributed by atoms with Gasteiger partial charge in [-0.05, 0) is 97.7 Å². The molecule has 0 bridgehead atoms. The van der Waals surface area contributed by atoms with Gasteiger partial charge in [0.05, 0.1) is 25.1 Å². The van der Waals surface area contributed by atoms with Crippen LogP contribution in [0.2, 0.25) is 5.02 Å². The van der Waals surface area contributed by atoms with Crippen LogP contribution in [0.3, 0.4) is 0 Å². The van der Waals surface area contributed by atoms with Gasteiger partial charge in [-0.2, -0.15) is 0 Å². The summed E-state index contributed by atoms with van der Waals surface area (Å²) in [5.74, 6) is -1.59. The predicted octanol–water partition coefficient (Wildman–Crippen LogP) is 7.47. The lowest BCUT2D eigenvalue weighted by Gasteiger charge is -2.27. The second-order valence-corrected chi connectivity index (χ2v) is 12.3. The second kappa shape index (κ2) is 14.2. The molecule has 45 heavy (non-hydrogen) atoms. The molecule has 1 N–H and O–H groups in total. The van der Waals surface area contributed by atoms with Crippen molar-refractivity contribution in [3.8, 4) is 17.2 Å². The smallest absolute Gasteiger partial charge is 0.309 e. The summed E-state index contributed by atoms with van der Waals surface area (Å²) in [4.78, 5) is 28.3. The number of ketones is 1. The van der Waals surface area contributed by atoms with Gasteiger partial charge in [0.2, 0.25) is 6.79 Å². The molecule has 240 valence electrons. The minimum atomic E-state index is -1.05. The summed E-state index contributed by atoms with van der Waals surface area (Å²) >= 11 is 6.34. The summed E-state index contributed by atoms with van der Waals surface area (Å²) in [5.41, 5.74) is 5.53. The maximum atomic E-state index is 15.7. The first-order valence-electron chi connectivity index (χ1n) is 15.8. The summed E-state index contributed by atoms with van der Waals surface area (Å²) in [5, 5.41) is 11.3. The van der Waals surface area contributed by atoms with Crippen LogP contribution in [-0.2, 0) is 28.9 Å². The van der Waals surface area contributed by atoms with Crippen molar-refractivity contribution in [3.05, 3.63) is 86.7 Å². The Morgan fingerprint density at radius 2 is 1.71 bits per heavy atom. The number of aryl methyl sites for hydroxylation is 3. The average molecular weight is 638 g/mol. The lowest BCUT2D eigenvalue weighted by atomic mass is 9.81. The van der Waals surface area contributed by atoms with Crippen LogP contribution in [0, 0.1) is 18.7 Å². The Balaban J connectivity index is 1.42. The number of hydrogen-bond acceptors (Lipinski definition) is 6. The number of aliphatic carboxylic acids is 1. The Hall–Kier alpha value is -3.62. The van der Waals surface area contributed by atoms with Crippen LogP contribution in [0.15, 0.2) is 42.5 Å². The highest BCUT2D eigenvalue weighted by Crippen LogP contribution is 2.49. The van der Waals surface area contributed by atoms with Crippen LogP contribution < -0.4 is 14.2 Å². The maximum Gasteiger partial charge on any atom is 0.309 e. The van der Waals surface area contributed by atoms with Gasteiger partial charge in [-0.15, -0.1) is 0 Å². The van der Waals surface area contributed by atoms with E-state index in [0.29, 0.717) is 36.7 Å². The summed E-state index contributed by atoms with van der Waals surface area (Å²) in [6.45, 7) is 8.69. The topological polar surface area (TPSA) is 85.3 Å². The van der Waals surface area contributed by atoms with Crippen LogP contribution in [0.4, 0.5) is 4.39 Å². The number of hydrogen-bond donors (Lipinski definition) is 1. The monoisotopic (exact) mass is 637 g/mol. The largest absolute Gasteiger partial charge is 0.494 e. The number of carboxylic acids is 1. The SMILES string of the molecule is CCOc1ccc([C@H]2[C@H](C(=O)O)[C@@H](c3cc4c(cc3C)OCO4)CN2CC(=O)CCCc2c(CC)cc(Cl)cc2CC)c(F)c1. The van der Waals surface area contributed by atoms with E-state index < -0.39 is 29.7 Å². The zero-order valence-electron chi connectivity index (χ0n) is 26.3. The molecule has 0 aromatic heterocycles. The van der Waals surface area contributed by atoms with E-state index in [4.69, 9.17) is 25.8 Å². The van der Waals surface area contributed by atoms with E-state index in [1.165, 1.54) is 22.8 Å². The number of rotatable bonds is 13. The lowest BCUT2D eigenvalue weighted by Crippen LogP contribution is -2.33. The van der Waals surface area contributed by atoms with Gasteiger partial charge in [0.1, 0.15) is 17.3 Å². The highest BCUT2D eigenvalue weighted by atomic mass is 35.5. The first-order valence-corrected chi connectivity index (χ1v) is 16.1. The minimum Gasteiger partial charge on any atom is -0.494 e. The third kappa shape index (κ3) is 6.97. The lowest BCUT2D eigenvalue weighted by molar-refractivity contribution is -0.143. The fourth-order valence-corrected chi connectivity index (χ4v) is 7.28. The van der Waals surface area contributed by atoms with Crippen molar-refractivity contribution >= 4 is 23.4 Å². The molecule has 9 heteroatoms. The zero-order valence-corrected chi connectivity index (χ0v) is 27.1. The van der Waals surface area contributed by atoms with E-state index in [2.05, 4.69) is 13.8 Å². The molecule has 2 aliphatic heterocycles. The Morgan fingerprint density at radius 1 is 1.02 bits per heavy atom. The molecule has 7 nitrogen and oxygen atoms in total. The normalized spacial score (nSPS) is 19.2. The molecule has 2 heterocycles. The molecule has 1 fully saturated rings. The zero-order chi connectivity index (χ0) is 32.2. The number of carboxylic acid groups (broad SMARTS) is 1. The highest BCUT2D eigenvalue weighted by Gasteiger charge is 2.49. The van der Waals surface area contributed by atoms with Crippen molar-refractivity contribution in [3.63, 3.8) is 0 Å². The van der Waals surface area contributed by atoms with Gasteiger partial charge >= 0.3 is 5.97 Å². The number of Topliss-reactive ketones (excluding diaryl/α,β-unsaturated/α-hetero) is 1. The van der Waals surface area contributed by atoms with E-state index in [1.807, 2.05) is 43.0 Å². The molecule has 3 atom stereocenters. The fourth-order valence-electron chi connectivity index (χ4n) is 7.02. The Bertz CT molecular complexity index is 1550. The molecule has 0 spiro atoms. The summed E-state index contributed by atoms with van der Waals surface area (Å²) in [6.07, 6.45) is 3.45. The highest BCUT2D eigenvalue weighted by molar-refractivity contribution is 6.30. The van der Waals surface area contributed by atoms with Crippen molar-refractivity contribution in [1.29, 1.82) is 0 Å². The van der Waals surface area contributed by atoms with Gasteiger partial charge in [0, 0.05) is 35.5 Å². The minimum absolute atomic E-state index is 0.0106. The van der Waals surface area contributed by atoms with Crippen molar-refractivity contribution in [2.24, 2.45) is 5.92 Å². The summed E-state index contributed by atoms with van der Waals surface area (Å²) in [7, 11) is 0. The quantitative estimate of drug-likeness (QED) is 0.208. The second-order valence-electron chi connectivity index (χ2n) is 11.8. The number of benzene rings is 3. The van der Waals surface area contributed by atoms with E-state index in [1.54, 1.807) is 12.1 Å². The van der Waals surface area contributed by atoms with Crippen LogP contribution in [-0.4, -0.2) is 48.2 Å². The molecule has 0 radical (unpaired) electrons. The maximum absolute atomic E-state index is 15.7. The number of nitrogens with zero attached hydrogens (tertiary/aromatic N) is 1. The molecule has 0 aliphatic carbocycles. The molecule has 5 rings (SSSR count). The Morgan fingerprint density at radius 3 is 2.33 bits per heavy atom. The fraction of sp³-hybridized carbons (Fsp3) is 0.444. The predicted molar refractivity (Wildman–Crippen MR) is 171 cm³/mol. The van der Waals surface area contributed by atoms with Gasteiger partial charge in [-0.25, -0.2) is 4.39 Å². The van der Waals surface area contributed by atoms with Gasteiger partial charge in [0.25, 0.3) is 0 Å². The molecular formula is C36H41ClFNO6. The first-order chi connectivity index (χ1) is 21.6. The molecule has 0 unspecified atom stereocenters. The number of likely N-dealkylation sites (tertiary alicyclic amines) is 1. The van der Waals surface area contributed by atoms with Gasteiger partial charge < -0.3 is 19.3 Å². The molecule has 1 saturated heterocycles. The summed E-state index contributed by atoms with van der Waals surface area (Å²) < 4.78 is 32.3. The van der Waals surface area contributed by atoms with Crippen LogP contribution in [0.25, 0.3) is 0 Å². The molecule has 3 aromatic rings. The van der Waals surface area contributed by atoms with Crippen molar-refractivity contribution < 1.29 is 33.3 Å². The molecule has 2 aliphatic rings. The van der Waals surface area contributed by atoms with Gasteiger partial charge in [-0.3, -0.25) is 14.5 Å². The average Bonchev–Trinajstić information content (AvgIpc) is 3.61. The van der Waals surface area contributed by atoms with Gasteiger partial charge in [0.15, 0.2) is 11.5 Å². The Kier molecular flexibility index (Phi) is 10.3. The van der Waals surface area contributed by atoms with Crippen LogP contribution >= 0.6 is 11.6 Å². The third-order valence-corrected chi connectivity index (χ3v) is 9.29. The number of fused-ring (bicyclic) bond motifs is 1. The number of carbonyl (C=O) groups excluding carboxylic acids is 1. The Labute approximate surface area is 269 Å². The van der Waals surface area contributed by atoms with Crippen LogP contribution in [0.5, 0.6) is 17.2 Å². The molecule has 3 aromatic carbocycles. The standard InChI is InChI=1S/C36H41ClFNO6/c1-5-22-14-24(37)15-23(6-2)27(22)10-8-9-25(40)18-39-19-30(29-17-33-32(13-21(29)4)44-20-45-33)34(36(41)42)35(39)28-12-11-26(43-7-3)16-31(28)38/h11-17,30,34-35H,5-10,18-20H2,1-4H3,(H,41,42)/t30-,34-,35+/m1/s1. The third-order valence-electron chi connectivity index (χ3n) is 9.07. The van der Waals surface area contributed by atoms with Gasteiger partial charge in [-0.1, -0.05) is 31.5 Å². The van der Waals surface area contributed by atoms with E-state index in [-0.39, 0.29) is 31.2 Å². The van der Waals surface area contributed by atoms with Crippen molar-refractivity contribution in [1.82, 2.24) is 4.90 Å². The number of halogens is 2. The van der Waals surface area contributed by atoms with Crippen LogP contribution in [0.1, 0.15) is 79.0 Å². The van der Waals surface area contributed by atoms with Crippen molar-refractivity contribution in [2.75, 3.05) is 26.5 Å². The molecule has 0 saturated carbocycles. The molecular weight excluding hydrogens is 597 g/mol. The summed E-state index contributed by atoms with van der Waals surface area (Å²) in [6, 6.07) is 11.4. The van der Waals surface area contributed by atoms with E-state index in [0.717, 1.165) is 35.4 Å². The first kappa shape index (κ1) is 32.8. The van der Waals surface area contributed by atoms with Crippen molar-refractivity contribution in [2.45, 2.75) is 71.8 Å². The number of ether oxygens (including phenoxy) is 3. The molecule has 0 amide bonds. The van der Waals surface area contributed by atoms with E-state index >= 15 is 4.39 Å².